The van der Waals surface area contributed by atoms with E-state index in [2.05, 4.69) is 65.2 Å². The molecule has 4 aromatic rings. The van der Waals surface area contributed by atoms with E-state index in [0.29, 0.717) is 0 Å². The van der Waals surface area contributed by atoms with E-state index < -0.39 is 20.8 Å². The van der Waals surface area contributed by atoms with Crippen LogP contribution in [0.3, 0.4) is 0 Å². The van der Waals surface area contributed by atoms with E-state index in [9.17, 15) is 0 Å². The second-order valence-electron chi connectivity index (χ2n) is 6.36. The monoisotopic (exact) mass is 444 g/mol. The van der Waals surface area contributed by atoms with E-state index in [1.54, 1.807) is 5.56 Å². The van der Waals surface area contributed by atoms with E-state index >= 15 is 0 Å². The second kappa shape index (κ2) is 7.74. The van der Waals surface area contributed by atoms with Crippen molar-refractivity contribution >= 4 is 38.7 Å². The van der Waals surface area contributed by atoms with Crippen molar-refractivity contribution in [2.75, 3.05) is 0 Å². The molecule has 0 amide bonds. The number of rotatable bonds is 1. The average molecular weight is 447 g/mol. The number of para-hydroxylation sites is 1. The van der Waals surface area contributed by atoms with Crippen LogP contribution in [0.4, 0.5) is 0 Å². The second-order valence-corrected chi connectivity index (χ2v) is 10.1. The summed E-state index contributed by atoms with van der Waals surface area (Å²) >= 11 is -0.826. The predicted molar refractivity (Wildman–Crippen MR) is 105 cm³/mol. The Kier molecular flexibility index (Phi) is 5.41. The zero-order valence-corrected chi connectivity index (χ0v) is 17.8. The first-order valence-electron chi connectivity index (χ1n) is 8.57. The number of hydrogen-bond acceptors (Lipinski definition) is 0. The number of hydrogen-bond donors (Lipinski definition) is 0. The van der Waals surface area contributed by atoms with Crippen molar-refractivity contribution in [2.45, 2.75) is 25.7 Å². The summed E-state index contributed by atoms with van der Waals surface area (Å²) < 4.78 is 2.52. The fraction of sp³-hybridized carbons (Fsp3) is 0.190. The first-order valence-corrected chi connectivity index (χ1v) is 14.9. The zero-order valence-electron chi connectivity index (χ0n) is 13.8. The largest absolute Gasteiger partial charge is 0.322 e. The van der Waals surface area contributed by atoms with Crippen molar-refractivity contribution in [1.29, 1.82) is 0 Å². The minimum Gasteiger partial charge on any atom is -0.322 e. The molecule has 1 heterocycles. The van der Waals surface area contributed by atoms with Crippen molar-refractivity contribution in [3.63, 3.8) is 0 Å². The molecular formula is C21H18Cl2NZr-. The summed E-state index contributed by atoms with van der Waals surface area (Å²) in [6, 6.07) is 22.2. The fourth-order valence-electron chi connectivity index (χ4n) is 4.11. The molecule has 1 aromatic heterocycles. The van der Waals surface area contributed by atoms with Gasteiger partial charge in [0.05, 0.1) is 5.52 Å². The van der Waals surface area contributed by atoms with Crippen molar-refractivity contribution in [3.8, 4) is 5.69 Å². The van der Waals surface area contributed by atoms with Crippen LogP contribution in [0, 0.1) is 0 Å². The van der Waals surface area contributed by atoms with Gasteiger partial charge >= 0.3 is 37.9 Å². The summed E-state index contributed by atoms with van der Waals surface area (Å²) in [4.78, 5) is 0. The molecule has 25 heavy (non-hydrogen) atoms. The number of halogens is 2. The third-order valence-electron chi connectivity index (χ3n) is 5.08. The van der Waals surface area contributed by atoms with Gasteiger partial charge in [-0.2, -0.15) is 12.1 Å². The molecule has 1 aliphatic carbocycles. The maximum Gasteiger partial charge on any atom is 0.0525 e. The third-order valence-corrected chi connectivity index (χ3v) is 5.08. The quantitative estimate of drug-likeness (QED) is 0.285. The SMILES string of the molecule is [Cl][Zr][Cl].c1cc(-n2c3c(c4ccccc42)CCCC3)c2cc[cH-]c2c1. The molecule has 5 rings (SSSR count). The Hall–Kier alpha value is -0.947. The van der Waals surface area contributed by atoms with Crippen molar-refractivity contribution in [2.24, 2.45) is 0 Å². The van der Waals surface area contributed by atoms with E-state index in [-0.39, 0.29) is 0 Å². The number of nitrogens with zero attached hydrogens (tertiary/aromatic N) is 1. The van der Waals surface area contributed by atoms with E-state index in [4.69, 9.17) is 17.0 Å². The third kappa shape index (κ3) is 3.14. The number of aromatic nitrogens is 1. The van der Waals surface area contributed by atoms with E-state index in [1.807, 2.05) is 0 Å². The van der Waals surface area contributed by atoms with Gasteiger partial charge in [0.25, 0.3) is 0 Å². The summed E-state index contributed by atoms with van der Waals surface area (Å²) in [6.07, 6.45) is 5.04. The van der Waals surface area contributed by atoms with Gasteiger partial charge in [-0.25, -0.2) is 0 Å². The van der Waals surface area contributed by atoms with Crippen LogP contribution in [0.1, 0.15) is 24.1 Å². The van der Waals surface area contributed by atoms with Crippen LogP contribution in [0.15, 0.2) is 60.7 Å². The van der Waals surface area contributed by atoms with Crippen molar-refractivity contribution < 1.29 is 20.8 Å². The first kappa shape index (κ1) is 17.5. The summed E-state index contributed by atoms with van der Waals surface area (Å²) in [5.41, 5.74) is 5.80. The Morgan fingerprint density at radius 1 is 0.880 bits per heavy atom. The standard InChI is InChI=1S/C21H18N.2ClH.Zr/c1-3-12-20-17(9-1)18-10-2-4-13-21(18)22(20)19-14-6-8-15-7-5-11-16(15)19;;;/h1,3,5-9,11-12,14H,2,4,10,13H2;2*1H;/q-1;;;+2/p-2. The van der Waals surface area contributed by atoms with Gasteiger partial charge in [0.1, 0.15) is 0 Å². The Bertz CT molecular complexity index is 1020. The van der Waals surface area contributed by atoms with Crippen LogP contribution in [0.2, 0.25) is 0 Å². The summed E-state index contributed by atoms with van der Waals surface area (Å²) in [5, 5.41) is 4.14. The van der Waals surface area contributed by atoms with Crippen LogP contribution in [0.25, 0.3) is 27.4 Å². The van der Waals surface area contributed by atoms with Gasteiger partial charge in [-0.1, -0.05) is 24.3 Å². The molecule has 0 aliphatic heterocycles. The number of aryl methyl sites for hydroxylation is 1. The average Bonchev–Trinajstić information content (AvgIpc) is 3.25. The maximum atomic E-state index is 4.93. The molecule has 1 aliphatic rings. The molecule has 0 fully saturated rings. The topological polar surface area (TPSA) is 4.93 Å². The number of fused-ring (bicyclic) bond motifs is 4. The van der Waals surface area contributed by atoms with Gasteiger partial charge in [-0.15, -0.1) is 29.0 Å². The van der Waals surface area contributed by atoms with Crippen LogP contribution in [-0.2, 0) is 33.7 Å². The summed E-state index contributed by atoms with van der Waals surface area (Å²) in [6.45, 7) is 0. The number of benzene rings is 2. The van der Waals surface area contributed by atoms with Gasteiger partial charge in [-0.3, -0.25) is 0 Å². The van der Waals surface area contributed by atoms with Crippen LogP contribution in [-0.4, -0.2) is 4.57 Å². The normalized spacial score (nSPS) is 13.4. The molecule has 126 valence electrons. The molecule has 0 unspecified atom stereocenters. The summed E-state index contributed by atoms with van der Waals surface area (Å²) in [5.74, 6) is 0. The predicted octanol–water partition coefficient (Wildman–Crippen LogP) is 6.76. The van der Waals surface area contributed by atoms with Gasteiger partial charge in [0.15, 0.2) is 0 Å². The Labute approximate surface area is 166 Å². The zero-order chi connectivity index (χ0) is 17.2. The van der Waals surface area contributed by atoms with Gasteiger partial charge < -0.3 is 4.57 Å². The van der Waals surface area contributed by atoms with Crippen LogP contribution < -0.4 is 0 Å². The Balaban J connectivity index is 0.000000490. The van der Waals surface area contributed by atoms with Crippen molar-refractivity contribution in [3.05, 3.63) is 71.9 Å². The molecule has 1 nitrogen and oxygen atoms in total. The molecule has 0 saturated heterocycles. The molecule has 0 saturated carbocycles. The smallest absolute Gasteiger partial charge is 0.0525 e. The molecule has 3 aromatic carbocycles. The molecule has 0 spiro atoms. The fourth-order valence-corrected chi connectivity index (χ4v) is 4.11. The molecule has 0 N–H and O–H groups in total. The Morgan fingerprint density at radius 2 is 1.68 bits per heavy atom. The molecule has 0 atom stereocenters. The van der Waals surface area contributed by atoms with Gasteiger partial charge in [0, 0.05) is 16.8 Å². The van der Waals surface area contributed by atoms with E-state index in [1.165, 1.54) is 58.7 Å². The van der Waals surface area contributed by atoms with Crippen molar-refractivity contribution in [1.82, 2.24) is 4.57 Å². The summed E-state index contributed by atoms with van der Waals surface area (Å²) in [7, 11) is 9.87. The maximum absolute atomic E-state index is 4.93. The van der Waals surface area contributed by atoms with Crippen LogP contribution >= 0.6 is 17.0 Å². The molecule has 0 bridgehead atoms. The van der Waals surface area contributed by atoms with E-state index in [0.717, 1.165) is 0 Å². The van der Waals surface area contributed by atoms with Gasteiger partial charge in [0.2, 0.25) is 0 Å². The molecule has 4 heteroatoms. The minimum absolute atomic E-state index is 0.826. The first-order chi connectivity index (χ1) is 12.3. The van der Waals surface area contributed by atoms with Crippen LogP contribution in [0.5, 0.6) is 0 Å². The molecule has 0 radical (unpaired) electrons. The Morgan fingerprint density at radius 3 is 2.56 bits per heavy atom. The minimum atomic E-state index is -0.826. The molecular weight excluding hydrogens is 428 g/mol. The van der Waals surface area contributed by atoms with Gasteiger partial charge in [-0.05, 0) is 37.3 Å².